The van der Waals surface area contributed by atoms with Crippen LogP contribution in [0.2, 0.25) is 0 Å². The smallest absolute Gasteiger partial charge is 0.268 e. The first-order valence-corrected chi connectivity index (χ1v) is 15.9. The van der Waals surface area contributed by atoms with Crippen molar-refractivity contribution in [3.05, 3.63) is 175 Å². The molecule has 0 saturated carbocycles. The lowest BCUT2D eigenvalue weighted by molar-refractivity contribution is 0.0926. The van der Waals surface area contributed by atoms with Crippen LogP contribution < -0.4 is 4.90 Å². The molecule has 0 saturated heterocycles. The lowest BCUT2D eigenvalue weighted by atomic mass is 9.97. The maximum atomic E-state index is 14.7. The number of carbonyl (C=O) groups excluding carboxylic acids is 2. The molecular formula is C43H27N3O2. The summed E-state index contributed by atoms with van der Waals surface area (Å²) in [5.74, 6) is -0.675. The second kappa shape index (κ2) is 11.0. The first-order chi connectivity index (χ1) is 23.7. The first kappa shape index (κ1) is 27.7. The van der Waals surface area contributed by atoms with Crippen molar-refractivity contribution in [1.29, 1.82) is 0 Å². The topological polar surface area (TPSA) is 55.2 Å². The molecule has 1 aliphatic heterocycles. The Kier molecular flexibility index (Phi) is 6.37. The van der Waals surface area contributed by atoms with Crippen molar-refractivity contribution in [3.8, 4) is 39.1 Å². The van der Waals surface area contributed by atoms with Gasteiger partial charge in [-0.2, -0.15) is 0 Å². The summed E-state index contributed by atoms with van der Waals surface area (Å²) in [7, 11) is 0. The van der Waals surface area contributed by atoms with Gasteiger partial charge >= 0.3 is 0 Å². The largest absolute Gasteiger partial charge is 0.308 e. The zero-order valence-corrected chi connectivity index (χ0v) is 25.7. The third-order valence-corrected chi connectivity index (χ3v) is 9.25. The number of rotatable bonds is 5. The molecule has 0 spiro atoms. The summed E-state index contributed by atoms with van der Waals surface area (Å²) in [6.45, 7) is 0. The first-order valence-electron chi connectivity index (χ1n) is 15.9. The summed E-state index contributed by atoms with van der Waals surface area (Å²) < 4.78 is 2.12. The minimum Gasteiger partial charge on any atom is -0.308 e. The molecule has 0 bridgehead atoms. The molecule has 48 heavy (non-hydrogen) atoms. The van der Waals surface area contributed by atoms with Gasteiger partial charge in [-0.1, -0.05) is 103 Å². The van der Waals surface area contributed by atoms with Gasteiger partial charge in [0.25, 0.3) is 11.8 Å². The summed E-state index contributed by atoms with van der Waals surface area (Å²) in [6, 6.07) is 50.1. The van der Waals surface area contributed by atoms with E-state index in [-0.39, 0.29) is 11.8 Å². The lowest BCUT2D eigenvalue weighted by Gasteiger charge is -2.20. The van der Waals surface area contributed by atoms with Gasteiger partial charge in [0.2, 0.25) is 0 Å². The molecule has 2 amide bonds. The molecule has 1 aliphatic rings. The molecule has 8 aromatic rings. The van der Waals surface area contributed by atoms with Gasteiger partial charge in [-0.05, 0) is 76.3 Å². The summed E-state index contributed by atoms with van der Waals surface area (Å²) in [4.78, 5) is 34.6. The van der Waals surface area contributed by atoms with E-state index in [1.807, 2.05) is 97.1 Å². The highest BCUT2D eigenvalue weighted by atomic mass is 16.2. The van der Waals surface area contributed by atoms with Crippen molar-refractivity contribution in [2.75, 3.05) is 4.90 Å². The van der Waals surface area contributed by atoms with E-state index in [0.717, 1.165) is 55.2 Å². The van der Waals surface area contributed by atoms with Crippen molar-refractivity contribution >= 4 is 39.3 Å². The zero-order chi connectivity index (χ0) is 32.2. The van der Waals surface area contributed by atoms with Gasteiger partial charge in [0, 0.05) is 28.7 Å². The summed E-state index contributed by atoms with van der Waals surface area (Å²) in [6.07, 6.45) is 3.57. The second-order valence-electron chi connectivity index (χ2n) is 11.9. The highest BCUT2D eigenvalue weighted by molar-refractivity contribution is 6.36. The second-order valence-corrected chi connectivity index (χ2v) is 11.9. The SMILES string of the molecule is O=C1c2cccc(-n3c4ccccc4c4ccc(-c5ccncc5)cc43)c2C(=O)N1c1ccc(-c2ccccc2)cc1-c1ccccc1. The number of amides is 2. The average molecular weight is 618 g/mol. The molecule has 0 atom stereocenters. The fourth-order valence-electron chi connectivity index (χ4n) is 7.02. The number of fused-ring (bicyclic) bond motifs is 4. The molecule has 0 fully saturated rings. The van der Waals surface area contributed by atoms with Gasteiger partial charge in [-0.3, -0.25) is 14.6 Å². The van der Waals surface area contributed by atoms with Crippen molar-refractivity contribution in [2.24, 2.45) is 0 Å². The highest BCUT2D eigenvalue weighted by Gasteiger charge is 2.40. The summed E-state index contributed by atoms with van der Waals surface area (Å²) >= 11 is 0. The monoisotopic (exact) mass is 617 g/mol. The van der Waals surface area contributed by atoms with Crippen LogP contribution in [0.4, 0.5) is 5.69 Å². The molecular weight excluding hydrogens is 590 g/mol. The van der Waals surface area contributed by atoms with Crippen molar-refractivity contribution in [1.82, 2.24) is 9.55 Å². The Morgan fingerprint density at radius 1 is 0.417 bits per heavy atom. The number of imide groups is 1. The van der Waals surface area contributed by atoms with Crippen LogP contribution in [0.3, 0.4) is 0 Å². The van der Waals surface area contributed by atoms with Gasteiger partial charge < -0.3 is 4.57 Å². The predicted octanol–water partition coefficient (Wildman–Crippen LogP) is 9.98. The van der Waals surface area contributed by atoms with Crippen LogP contribution in [-0.2, 0) is 0 Å². The summed E-state index contributed by atoms with van der Waals surface area (Å²) in [5.41, 5.74) is 9.82. The van der Waals surface area contributed by atoms with Crippen molar-refractivity contribution in [3.63, 3.8) is 0 Å². The highest BCUT2D eigenvalue weighted by Crippen LogP contribution is 2.42. The molecule has 5 heteroatoms. The number of para-hydroxylation sites is 1. The van der Waals surface area contributed by atoms with Gasteiger partial charge in [-0.15, -0.1) is 0 Å². The van der Waals surface area contributed by atoms with Crippen LogP contribution in [0.15, 0.2) is 164 Å². The number of anilines is 1. The van der Waals surface area contributed by atoms with Crippen LogP contribution in [0.25, 0.3) is 60.9 Å². The standard InChI is InChI=1S/C43H27N3O2/c47-42-35-15-9-17-39(45-37-16-8-7-14-33(37)34-20-18-32(27-40(34)45)29-22-24-44-25-23-29)41(35)43(48)46(42)38-21-19-31(28-10-3-1-4-11-28)26-36(38)30-12-5-2-6-13-30/h1-27H. The summed E-state index contributed by atoms with van der Waals surface area (Å²) in [5, 5.41) is 2.14. The maximum absolute atomic E-state index is 14.7. The molecule has 3 heterocycles. The fourth-order valence-corrected chi connectivity index (χ4v) is 7.02. The van der Waals surface area contributed by atoms with E-state index >= 15 is 0 Å². The van der Waals surface area contributed by atoms with Crippen LogP contribution in [0, 0.1) is 0 Å². The van der Waals surface area contributed by atoms with E-state index in [1.54, 1.807) is 18.5 Å². The van der Waals surface area contributed by atoms with E-state index in [4.69, 9.17) is 0 Å². The molecule has 0 N–H and O–H groups in total. The van der Waals surface area contributed by atoms with Crippen molar-refractivity contribution < 1.29 is 9.59 Å². The average Bonchev–Trinajstić information content (AvgIpc) is 3.62. The fraction of sp³-hybridized carbons (Fsp3) is 0. The number of pyridine rings is 1. The van der Waals surface area contributed by atoms with Crippen LogP contribution >= 0.6 is 0 Å². The number of nitrogens with zero attached hydrogens (tertiary/aromatic N) is 3. The number of hydrogen-bond donors (Lipinski definition) is 0. The lowest BCUT2D eigenvalue weighted by Crippen LogP contribution is -2.30. The molecule has 226 valence electrons. The molecule has 0 aliphatic carbocycles. The van der Waals surface area contributed by atoms with E-state index in [0.29, 0.717) is 22.5 Å². The third-order valence-electron chi connectivity index (χ3n) is 9.25. The van der Waals surface area contributed by atoms with E-state index in [9.17, 15) is 9.59 Å². The minimum absolute atomic E-state index is 0.334. The van der Waals surface area contributed by atoms with E-state index in [2.05, 4.69) is 58.1 Å². The Hall–Kier alpha value is -6.59. The Balaban J connectivity index is 1.24. The third kappa shape index (κ3) is 4.29. The van der Waals surface area contributed by atoms with Gasteiger partial charge in [-0.25, -0.2) is 4.90 Å². The molecule has 9 rings (SSSR count). The van der Waals surface area contributed by atoms with Gasteiger partial charge in [0.05, 0.1) is 33.5 Å². The number of hydrogen-bond acceptors (Lipinski definition) is 3. The number of benzene rings is 6. The van der Waals surface area contributed by atoms with Crippen LogP contribution in [-0.4, -0.2) is 21.4 Å². The van der Waals surface area contributed by atoms with Crippen molar-refractivity contribution in [2.45, 2.75) is 0 Å². The van der Waals surface area contributed by atoms with E-state index < -0.39 is 0 Å². The predicted molar refractivity (Wildman–Crippen MR) is 192 cm³/mol. The van der Waals surface area contributed by atoms with E-state index in [1.165, 1.54) is 4.90 Å². The maximum Gasteiger partial charge on any atom is 0.268 e. The van der Waals surface area contributed by atoms with Crippen LogP contribution in [0.5, 0.6) is 0 Å². The Bertz CT molecular complexity index is 2540. The normalized spacial score (nSPS) is 12.6. The number of aromatic nitrogens is 2. The Morgan fingerprint density at radius 3 is 1.85 bits per heavy atom. The van der Waals surface area contributed by atoms with Crippen LogP contribution in [0.1, 0.15) is 20.7 Å². The van der Waals surface area contributed by atoms with Gasteiger partial charge in [0.15, 0.2) is 0 Å². The zero-order valence-electron chi connectivity index (χ0n) is 25.7. The molecule has 0 radical (unpaired) electrons. The Morgan fingerprint density at radius 2 is 1.06 bits per heavy atom. The van der Waals surface area contributed by atoms with Gasteiger partial charge in [0.1, 0.15) is 0 Å². The molecule has 2 aromatic heterocycles. The minimum atomic E-state index is -0.341. The number of carbonyl (C=O) groups is 2. The quantitative estimate of drug-likeness (QED) is 0.181. The Labute approximate surface area is 277 Å². The molecule has 0 unspecified atom stereocenters. The molecule has 6 aromatic carbocycles. The molecule has 5 nitrogen and oxygen atoms in total.